The molecular weight excluding hydrogens is 326 g/mol. The van der Waals surface area contributed by atoms with Crippen LogP contribution in [0.5, 0.6) is 0 Å². The Labute approximate surface area is 144 Å². The molecule has 7 heteroatoms. The minimum absolute atomic E-state index is 0.156. The zero-order valence-electron chi connectivity index (χ0n) is 14.3. The van der Waals surface area contributed by atoms with Crippen LogP contribution in [-0.2, 0) is 10.8 Å². The van der Waals surface area contributed by atoms with Gasteiger partial charge < -0.3 is 15.1 Å². The molecule has 1 aromatic carbocycles. The summed E-state index contributed by atoms with van der Waals surface area (Å²) in [5.41, 5.74) is 1.51. The largest absolute Gasteiger partial charge is 0.441 e. The number of oxazole rings is 1. The zero-order valence-corrected chi connectivity index (χ0v) is 15.1. The molecule has 1 heterocycles. The first-order chi connectivity index (χ1) is 11.3. The van der Waals surface area contributed by atoms with Gasteiger partial charge in [-0.15, -0.1) is 0 Å². The molecule has 2 aromatic rings. The average Bonchev–Trinajstić information content (AvgIpc) is 2.96. The molecular formula is C17H23N3O3S. The Morgan fingerprint density at radius 1 is 1.25 bits per heavy atom. The van der Waals surface area contributed by atoms with Crippen molar-refractivity contribution in [3.63, 3.8) is 0 Å². The maximum absolute atomic E-state index is 11.9. The lowest BCUT2D eigenvalue weighted by Gasteiger charge is -2.13. The third-order valence-corrected chi connectivity index (χ3v) is 4.31. The van der Waals surface area contributed by atoms with E-state index in [1.807, 2.05) is 32.9 Å². The second kappa shape index (κ2) is 8.10. The van der Waals surface area contributed by atoms with Gasteiger partial charge in [0.15, 0.2) is 0 Å². The lowest BCUT2D eigenvalue weighted by molar-refractivity contribution is 0.250. The third kappa shape index (κ3) is 5.19. The first kappa shape index (κ1) is 18.2. The predicted molar refractivity (Wildman–Crippen MR) is 96.6 cm³/mol. The van der Waals surface area contributed by atoms with Gasteiger partial charge in [0, 0.05) is 46.0 Å². The van der Waals surface area contributed by atoms with Crippen LogP contribution in [0.15, 0.2) is 34.9 Å². The molecule has 2 amide bonds. The smallest absolute Gasteiger partial charge is 0.319 e. The number of hydrogen-bond acceptors (Lipinski definition) is 4. The number of urea groups is 1. The van der Waals surface area contributed by atoms with E-state index in [0.717, 1.165) is 11.3 Å². The van der Waals surface area contributed by atoms with Crippen LogP contribution in [0.4, 0.5) is 10.5 Å². The molecule has 24 heavy (non-hydrogen) atoms. The van der Waals surface area contributed by atoms with Crippen LogP contribution in [0.25, 0.3) is 11.5 Å². The lowest BCUT2D eigenvalue weighted by atomic mass is 10.2. The molecule has 0 saturated carbocycles. The fourth-order valence-electron chi connectivity index (χ4n) is 2.17. The highest BCUT2D eigenvalue weighted by molar-refractivity contribution is 7.84. The van der Waals surface area contributed by atoms with Gasteiger partial charge in [-0.3, -0.25) is 4.21 Å². The molecule has 0 bridgehead atoms. The van der Waals surface area contributed by atoms with Gasteiger partial charge in [0.05, 0.1) is 6.20 Å². The maximum atomic E-state index is 11.9. The highest BCUT2D eigenvalue weighted by Gasteiger charge is 2.11. The molecule has 2 atom stereocenters. The Kier molecular flexibility index (Phi) is 6.14. The van der Waals surface area contributed by atoms with Gasteiger partial charge >= 0.3 is 6.03 Å². The highest BCUT2D eigenvalue weighted by atomic mass is 32.2. The SMILES string of the molecule is CC(C)c1cnc(-c2ccc(NC(=O)N[C@@H](C)C[S@@](C)=O)cc2)o1. The molecule has 1 aromatic heterocycles. The first-order valence-corrected chi connectivity index (χ1v) is 9.51. The summed E-state index contributed by atoms with van der Waals surface area (Å²) in [6, 6.07) is 6.79. The van der Waals surface area contributed by atoms with Crippen molar-refractivity contribution in [2.24, 2.45) is 0 Å². The highest BCUT2D eigenvalue weighted by Crippen LogP contribution is 2.24. The van der Waals surface area contributed by atoms with Crippen molar-refractivity contribution >= 4 is 22.5 Å². The predicted octanol–water partition coefficient (Wildman–Crippen LogP) is 3.35. The molecule has 6 nitrogen and oxygen atoms in total. The van der Waals surface area contributed by atoms with E-state index < -0.39 is 10.8 Å². The Hall–Kier alpha value is -2.15. The van der Waals surface area contributed by atoms with Gasteiger partial charge in [0.25, 0.3) is 0 Å². The summed E-state index contributed by atoms with van der Waals surface area (Å²) in [4.78, 5) is 16.2. The molecule has 0 radical (unpaired) electrons. The normalized spacial score (nSPS) is 13.5. The van der Waals surface area contributed by atoms with Crippen molar-refractivity contribution in [3.05, 3.63) is 36.2 Å². The van der Waals surface area contributed by atoms with Gasteiger partial charge in [-0.1, -0.05) is 13.8 Å². The van der Waals surface area contributed by atoms with E-state index in [1.54, 1.807) is 24.6 Å². The molecule has 0 aliphatic heterocycles. The van der Waals surface area contributed by atoms with Crippen molar-refractivity contribution in [2.75, 3.05) is 17.3 Å². The van der Waals surface area contributed by atoms with Gasteiger partial charge in [0.2, 0.25) is 5.89 Å². The summed E-state index contributed by atoms with van der Waals surface area (Å²) in [7, 11) is -0.944. The minimum Gasteiger partial charge on any atom is -0.441 e. The van der Waals surface area contributed by atoms with Gasteiger partial charge in [-0.05, 0) is 31.2 Å². The Bertz CT molecular complexity index is 710. The van der Waals surface area contributed by atoms with Gasteiger partial charge in [-0.2, -0.15) is 0 Å². The second-order valence-corrected chi connectivity index (χ2v) is 7.52. The van der Waals surface area contributed by atoms with Crippen molar-refractivity contribution in [3.8, 4) is 11.5 Å². The van der Waals surface area contributed by atoms with Crippen molar-refractivity contribution in [1.29, 1.82) is 0 Å². The molecule has 0 spiro atoms. The number of carbonyl (C=O) groups excluding carboxylic acids is 1. The van der Waals surface area contributed by atoms with E-state index in [0.29, 0.717) is 17.3 Å². The third-order valence-electron chi connectivity index (χ3n) is 3.34. The number of hydrogen-bond donors (Lipinski definition) is 2. The summed E-state index contributed by atoms with van der Waals surface area (Å²) in [6.45, 7) is 5.91. The monoisotopic (exact) mass is 349 g/mol. The summed E-state index contributed by atoms with van der Waals surface area (Å²) in [5.74, 6) is 2.12. The fourth-order valence-corrected chi connectivity index (χ4v) is 2.96. The standard InChI is InChI=1S/C17H23N3O3S/c1-11(2)15-9-18-16(23-15)13-5-7-14(8-6-13)20-17(21)19-12(3)10-24(4)22/h5-9,11-12H,10H2,1-4H3,(H2,19,20,21)/t12-,24+/m0/s1. The number of carbonyl (C=O) groups is 1. The number of anilines is 1. The number of amides is 2. The molecule has 2 N–H and O–H groups in total. The van der Waals surface area contributed by atoms with Gasteiger partial charge in [-0.25, -0.2) is 9.78 Å². The quantitative estimate of drug-likeness (QED) is 0.837. The first-order valence-electron chi connectivity index (χ1n) is 7.79. The number of aromatic nitrogens is 1. The van der Waals surface area contributed by atoms with E-state index in [9.17, 15) is 9.00 Å². The lowest BCUT2D eigenvalue weighted by Crippen LogP contribution is -2.39. The topological polar surface area (TPSA) is 84.2 Å². The molecule has 0 aliphatic carbocycles. The summed E-state index contributed by atoms with van der Waals surface area (Å²) in [5, 5.41) is 5.50. The summed E-state index contributed by atoms with van der Waals surface area (Å²) in [6.07, 6.45) is 3.35. The minimum atomic E-state index is -0.944. The summed E-state index contributed by atoms with van der Waals surface area (Å²) >= 11 is 0. The summed E-state index contributed by atoms with van der Waals surface area (Å²) < 4.78 is 16.8. The van der Waals surface area contributed by atoms with Crippen LogP contribution >= 0.6 is 0 Å². The van der Waals surface area contributed by atoms with Crippen molar-refractivity contribution in [2.45, 2.75) is 32.7 Å². The molecule has 0 aliphatic rings. The number of nitrogens with zero attached hydrogens (tertiary/aromatic N) is 1. The maximum Gasteiger partial charge on any atom is 0.319 e. The second-order valence-electron chi connectivity index (χ2n) is 6.04. The van der Waals surface area contributed by atoms with E-state index >= 15 is 0 Å². The number of benzene rings is 1. The van der Waals surface area contributed by atoms with Crippen LogP contribution in [0.1, 0.15) is 32.4 Å². The van der Waals surface area contributed by atoms with Crippen LogP contribution in [0.3, 0.4) is 0 Å². The molecule has 0 saturated heterocycles. The Morgan fingerprint density at radius 3 is 2.46 bits per heavy atom. The molecule has 130 valence electrons. The zero-order chi connectivity index (χ0) is 17.7. The van der Waals surface area contributed by atoms with Gasteiger partial charge in [0.1, 0.15) is 5.76 Å². The van der Waals surface area contributed by atoms with E-state index in [2.05, 4.69) is 15.6 Å². The van der Waals surface area contributed by atoms with Crippen LogP contribution in [0.2, 0.25) is 0 Å². The van der Waals surface area contributed by atoms with Crippen molar-refractivity contribution in [1.82, 2.24) is 10.3 Å². The molecule has 0 unspecified atom stereocenters. The number of rotatable bonds is 6. The Balaban J connectivity index is 1.96. The van der Waals surface area contributed by atoms with Crippen LogP contribution < -0.4 is 10.6 Å². The van der Waals surface area contributed by atoms with Crippen molar-refractivity contribution < 1.29 is 13.4 Å². The number of nitrogens with one attached hydrogen (secondary N) is 2. The van der Waals surface area contributed by atoms with Crippen LogP contribution in [-0.4, -0.2) is 33.3 Å². The average molecular weight is 349 g/mol. The van der Waals surface area contributed by atoms with E-state index in [4.69, 9.17) is 4.42 Å². The van der Waals surface area contributed by atoms with Crippen LogP contribution in [0, 0.1) is 0 Å². The molecule has 0 fully saturated rings. The van der Waals surface area contributed by atoms with E-state index in [-0.39, 0.29) is 18.0 Å². The molecule has 2 rings (SSSR count). The fraction of sp³-hybridized carbons (Fsp3) is 0.412. The van der Waals surface area contributed by atoms with E-state index in [1.165, 1.54) is 0 Å². The Morgan fingerprint density at radius 2 is 1.92 bits per heavy atom.